The van der Waals surface area contributed by atoms with E-state index in [0.717, 1.165) is 0 Å². The van der Waals surface area contributed by atoms with Crippen LogP contribution in [0.1, 0.15) is 27.7 Å². The molecule has 2 atom stereocenters. The molecule has 0 bridgehead atoms. The van der Waals surface area contributed by atoms with Gasteiger partial charge in [0.05, 0.1) is 0 Å². The van der Waals surface area contributed by atoms with Crippen molar-refractivity contribution in [1.29, 1.82) is 0 Å². The van der Waals surface area contributed by atoms with Gasteiger partial charge in [0, 0.05) is 0 Å². The first-order valence-electron chi connectivity index (χ1n) is 6.51. The first-order valence-corrected chi connectivity index (χ1v) is 13.3. The van der Waals surface area contributed by atoms with Gasteiger partial charge in [-0.3, -0.25) is 0 Å². The average Bonchev–Trinajstić information content (AvgIpc) is 2.26. The standard InChI is InChI=1S/C12H26O3Si3/c1-9-17(11(3)4)13-16(7,8)14-18(10-2,15-17)12(5)6/h9-12H,1-2H2,3-8H3. The lowest BCUT2D eigenvalue weighted by Crippen LogP contribution is -2.69. The molecule has 0 aromatic rings. The van der Waals surface area contributed by atoms with Crippen LogP contribution in [0.5, 0.6) is 0 Å². The van der Waals surface area contributed by atoms with Crippen molar-refractivity contribution in [3.63, 3.8) is 0 Å². The van der Waals surface area contributed by atoms with Crippen LogP contribution >= 0.6 is 0 Å². The van der Waals surface area contributed by atoms with Gasteiger partial charge in [0.2, 0.25) is 0 Å². The second-order valence-corrected chi connectivity index (χ2v) is 17.1. The summed E-state index contributed by atoms with van der Waals surface area (Å²) >= 11 is 0. The van der Waals surface area contributed by atoms with Crippen LogP contribution in [0.4, 0.5) is 0 Å². The van der Waals surface area contributed by atoms with E-state index in [9.17, 15) is 0 Å². The van der Waals surface area contributed by atoms with Crippen molar-refractivity contribution < 1.29 is 12.3 Å². The van der Waals surface area contributed by atoms with Crippen molar-refractivity contribution >= 4 is 25.7 Å². The van der Waals surface area contributed by atoms with Crippen LogP contribution in [0.2, 0.25) is 24.2 Å². The molecule has 6 heteroatoms. The van der Waals surface area contributed by atoms with Crippen molar-refractivity contribution in [3.05, 3.63) is 24.6 Å². The molecule has 0 aromatic carbocycles. The van der Waals surface area contributed by atoms with Crippen LogP contribution in [0.25, 0.3) is 0 Å². The van der Waals surface area contributed by atoms with Gasteiger partial charge in [-0.1, -0.05) is 39.1 Å². The Labute approximate surface area is 115 Å². The summed E-state index contributed by atoms with van der Waals surface area (Å²) in [5.41, 5.74) is 4.50. The van der Waals surface area contributed by atoms with E-state index < -0.39 is 25.7 Å². The SMILES string of the molecule is C=C[Si]1(C(C)C)O[Si](C)(C)O[Si](C=C)(C(C)C)O1. The molecule has 0 aromatic heterocycles. The van der Waals surface area contributed by atoms with Crippen molar-refractivity contribution in [2.45, 2.75) is 51.9 Å². The minimum absolute atomic E-state index is 0.330. The summed E-state index contributed by atoms with van der Waals surface area (Å²) in [6, 6.07) is 0. The van der Waals surface area contributed by atoms with Crippen molar-refractivity contribution in [3.8, 4) is 0 Å². The first kappa shape index (κ1) is 16.1. The maximum absolute atomic E-state index is 6.45. The lowest BCUT2D eigenvalue weighted by molar-refractivity contribution is 0.223. The number of hydrogen-bond donors (Lipinski definition) is 0. The smallest absolute Gasteiger partial charge is 0.349 e. The lowest BCUT2D eigenvalue weighted by Gasteiger charge is -2.52. The highest BCUT2D eigenvalue weighted by Crippen LogP contribution is 2.41. The van der Waals surface area contributed by atoms with Gasteiger partial charge >= 0.3 is 25.7 Å². The van der Waals surface area contributed by atoms with Crippen LogP contribution in [-0.4, -0.2) is 25.7 Å². The molecule has 0 N–H and O–H groups in total. The molecule has 1 saturated heterocycles. The Balaban J connectivity index is 3.27. The maximum atomic E-state index is 6.45. The predicted molar refractivity (Wildman–Crippen MR) is 82.8 cm³/mol. The van der Waals surface area contributed by atoms with Gasteiger partial charge in [-0.2, -0.15) is 0 Å². The minimum Gasteiger partial charge on any atom is -0.412 e. The zero-order chi connectivity index (χ0) is 14.2. The fourth-order valence-corrected chi connectivity index (χ4v) is 18.0. The fraction of sp³-hybridized carbons (Fsp3) is 0.667. The Morgan fingerprint density at radius 2 is 1.11 bits per heavy atom. The molecule has 3 nitrogen and oxygen atoms in total. The molecule has 1 fully saturated rings. The summed E-state index contributed by atoms with van der Waals surface area (Å²) in [5, 5.41) is 0. The van der Waals surface area contributed by atoms with E-state index in [1.807, 2.05) is 11.4 Å². The van der Waals surface area contributed by atoms with Gasteiger partial charge in [-0.05, 0) is 24.2 Å². The van der Waals surface area contributed by atoms with E-state index in [4.69, 9.17) is 12.3 Å². The second kappa shape index (κ2) is 5.18. The second-order valence-electron chi connectivity index (χ2n) is 5.87. The molecule has 0 spiro atoms. The third kappa shape index (κ3) is 2.78. The zero-order valence-electron chi connectivity index (χ0n) is 12.4. The van der Waals surface area contributed by atoms with Crippen molar-refractivity contribution in [2.24, 2.45) is 0 Å². The minimum atomic E-state index is -2.40. The van der Waals surface area contributed by atoms with E-state index in [-0.39, 0.29) is 0 Å². The molecule has 0 saturated carbocycles. The molecule has 0 radical (unpaired) electrons. The van der Waals surface area contributed by atoms with Crippen LogP contribution in [0, 0.1) is 0 Å². The van der Waals surface area contributed by atoms with Crippen LogP contribution in [0.3, 0.4) is 0 Å². The molecule has 0 amide bonds. The summed E-state index contributed by atoms with van der Waals surface area (Å²) < 4.78 is 19.0. The molecule has 1 rings (SSSR count). The Morgan fingerprint density at radius 1 is 0.778 bits per heavy atom. The molecule has 104 valence electrons. The highest BCUT2D eigenvalue weighted by Gasteiger charge is 2.59. The highest BCUT2D eigenvalue weighted by molar-refractivity contribution is 6.98. The number of hydrogen-bond acceptors (Lipinski definition) is 3. The molecule has 2 unspecified atom stereocenters. The fourth-order valence-electron chi connectivity index (χ4n) is 2.19. The zero-order valence-corrected chi connectivity index (χ0v) is 15.4. The van der Waals surface area contributed by atoms with Crippen molar-refractivity contribution in [1.82, 2.24) is 0 Å². The largest absolute Gasteiger partial charge is 0.412 e. The first-order chi connectivity index (χ1) is 8.13. The van der Waals surface area contributed by atoms with E-state index in [0.29, 0.717) is 11.1 Å². The summed E-state index contributed by atoms with van der Waals surface area (Å²) in [6.45, 7) is 20.7. The summed E-state index contributed by atoms with van der Waals surface area (Å²) in [4.78, 5) is 0. The summed E-state index contributed by atoms with van der Waals surface area (Å²) in [6.07, 6.45) is 0. The van der Waals surface area contributed by atoms with Gasteiger partial charge in [0.1, 0.15) is 0 Å². The van der Waals surface area contributed by atoms with Gasteiger partial charge in [0.15, 0.2) is 0 Å². The van der Waals surface area contributed by atoms with E-state index in [2.05, 4.69) is 53.9 Å². The Kier molecular flexibility index (Phi) is 4.62. The normalized spacial score (nSPS) is 35.8. The van der Waals surface area contributed by atoms with Gasteiger partial charge in [-0.15, -0.1) is 13.2 Å². The third-order valence-corrected chi connectivity index (χ3v) is 16.7. The van der Waals surface area contributed by atoms with E-state index in [1.165, 1.54) is 0 Å². The number of rotatable bonds is 4. The van der Waals surface area contributed by atoms with E-state index >= 15 is 0 Å². The Bertz CT molecular complexity index is 313. The van der Waals surface area contributed by atoms with Gasteiger partial charge < -0.3 is 12.3 Å². The topological polar surface area (TPSA) is 27.7 Å². The van der Waals surface area contributed by atoms with Gasteiger partial charge in [-0.25, -0.2) is 0 Å². The maximum Gasteiger partial charge on any atom is 0.349 e. The highest BCUT2D eigenvalue weighted by atomic mass is 28.5. The molecule has 0 aliphatic carbocycles. The van der Waals surface area contributed by atoms with E-state index in [1.54, 1.807) is 0 Å². The van der Waals surface area contributed by atoms with Crippen molar-refractivity contribution in [2.75, 3.05) is 0 Å². The Morgan fingerprint density at radius 3 is 1.33 bits per heavy atom. The van der Waals surface area contributed by atoms with Crippen LogP contribution in [0.15, 0.2) is 24.6 Å². The van der Waals surface area contributed by atoms with Crippen LogP contribution < -0.4 is 0 Å². The molecular formula is C12H26O3Si3. The predicted octanol–water partition coefficient (Wildman–Crippen LogP) is 3.91. The molecule has 1 aliphatic heterocycles. The summed E-state index contributed by atoms with van der Waals surface area (Å²) in [5.74, 6) is 0. The molecule has 1 aliphatic rings. The lowest BCUT2D eigenvalue weighted by atomic mass is 10.6. The van der Waals surface area contributed by atoms with Gasteiger partial charge in [0.25, 0.3) is 0 Å². The summed E-state index contributed by atoms with van der Waals surface area (Å²) in [7, 11) is -6.97. The third-order valence-electron chi connectivity index (χ3n) is 3.31. The molecule has 1 heterocycles. The Hall–Kier alpha value is 0.0106. The molecule has 18 heavy (non-hydrogen) atoms. The molecular weight excluding hydrogens is 276 g/mol. The quantitative estimate of drug-likeness (QED) is 0.737. The van der Waals surface area contributed by atoms with Crippen LogP contribution in [-0.2, 0) is 12.3 Å². The monoisotopic (exact) mass is 302 g/mol. The average molecular weight is 303 g/mol.